The minimum Gasteiger partial charge on any atom is -0.478 e. The fourth-order valence-corrected chi connectivity index (χ4v) is 5.94. The van der Waals surface area contributed by atoms with E-state index in [0.717, 1.165) is 16.7 Å². The second kappa shape index (κ2) is 13.5. The zero-order valence-corrected chi connectivity index (χ0v) is 25.1. The Morgan fingerprint density at radius 3 is 2.24 bits per heavy atom. The molecule has 0 heterocycles. The number of rotatable bonds is 13. The quantitative estimate of drug-likeness (QED) is 0.187. The number of aliphatic hydroxyl groups is 1. The highest BCUT2D eigenvalue weighted by atomic mass is 35.5. The van der Waals surface area contributed by atoms with Gasteiger partial charge in [-0.15, -0.1) is 0 Å². The number of ether oxygens (including phenoxy) is 1. The van der Waals surface area contributed by atoms with Crippen molar-refractivity contribution in [2.75, 3.05) is 13.1 Å². The predicted molar refractivity (Wildman–Crippen MR) is 163 cm³/mol. The number of aliphatic carboxylic acids is 1. The summed E-state index contributed by atoms with van der Waals surface area (Å²) in [7, 11) is -3.86. The molecule has 0 saturated carbocycles. The maximum absolute atomic E-state index is 13.3. The second-order valence-corrected chi connectivity index (χ2v) is 13.0. The van der Waals surface area contributed by atoms with Gasteiger partial charge in [0.15, 0.2) is 5.60 Å². The average molecular weight is 608 g/mol. The Morgan fingerprint density at radius 2 is 1.57 bits per heavy atom. The van der Waals surface area contributed by atoms with Crippen LogP contribution in [-0.2, 0) is 27.6 Å². The SMILES string of the molecule is CC(C)(Oc1cccc(S(=O)(=O)c2ccc(CCN(Cc3ccccc3)C[C@H](O)c3cccc(Cl)c3)cc2)c1)C(=O)O. The van der Waals surface area contributed by atoms with Gasteiger partial charge in [-0.05, 0) is 79.4 Å². The van der Waals surface area contributed by atoms with Gasteiger partial charge in [0.25, 0.3) is 0 Å². The van der Waals surface area contributed by atoms with Crippen molar-refractivity contribution in [3.63, 3.8) is 0 Å². The molecule has 0 unspecified atom stereocenters. The molecule has 0 aliphatic rings. The van der Waals surface area contributed by atoms with Crippen LogP contribution in [0.3, 0.4) is 0 Å². The van der Waals surface area contributed by atoms with Crippen molar-refractivity contribution in [1.82, 2.24) is 4.90 Å². The normalized spacial score (nSPS) is 12.7. The van der Waals surface area contributed by atoms with E-state index in [9.17, 15) is 23.4 Å². The molecule has 9 heteroatoms. The Bertz CT molecular complexity index is 1610. The molecule has 0 fully saturated rings. The number of benzene rings is 4. The fourth-order valence-electron chi connectivity index (χ4n) is 4.44. The number of hydrogen-bond donors (Lipinski definition) is 2. The van der Waals surface area contributed by atoms with Crippen LogP contribution in [-0.4, -0.2) is 48.2 Å². The number of carboxylic acids is 1. The number of carbonyl (C=O) groups is 1. The zero-order valence-electron chi connectivity index (χ0n) is 23.5. The Balaban J connectivity index is 1.46. The molecular weight excluding hydrogens is 574 g/mol. The topological polar surface area (TPSA) is 104 Å². The molecule has 220 valence electrons. The first-order valence-corrected chi connectivity index (χ1v) is 15.4. The van der Waals surface area contributed by atoms with Crippen LogP contribution in [0.15, 0.2) is 113 Å². The zero-order chi connectivity index (χ0) is 30.3. The number of halogens is 1. The third-order valence-electron chi connectivity index (χ3n) is 6.87. The van der Waals surface area contributed by atoms with Gasteiger partial charge in [-0.3, -0.25) is 4.90 Å². The summed E-state index contributed by atoms with van der Waals surface area (Å²) in [6.07, 6.45) is -0.0796. The lowest BCUT2D eigenvalue weighted by Crippen LogP contribution is -2.37. The summed E-state index contributed by atoms with van der Waals surface area (Å²) < 4.78 is 32.2. The van der Waals surface area contributed by atoms with Crippen LogP contribution < -0.4 is 4.74 Å². The minimum atomic E-state index is -3.86. The van der Waals surface area contributed by atoms with Crippen LogP contribution in [0, 0.1) is 0 Å². The Morgan fingerprint density at radius 1 is 0.881 bits per heavy atom. The molecule has 7 nitrogen and oxygen atoms in total. The highest BCUT2D eigenvalue weighted by Gasteiger charge is 2.30. The largest absolute Gasteiger partial charge is 0.478 e. The van der Waals surface area contributed by atoms with Crippen LogP contribution in [0.2, 0.25) is 5.02 Å². The van der Waals surface area contributed by atoms with E-state index in [2.05, 4.69) is 4.90 Å². The van der Waals surface area contributed by atoms with Gasteiger partial charge in [0.05, 0.1) is 15.9 Å². The van der Waals surface area contributed by atoms with Gasteiger partial charge in [0.1, 0.15) is 5.75 Å². The van der Waals surface area contributed by atoms with Crippen molar-refractivity contribution in [2.45, 2.75) is 48.3 Å². The van der Waals surface area contributed by atoms with Crippen molar-refractivity contribution in [1.29, 1.82) is 0 Å². The third-order valence-corrected chi connectivity index (χ3v) is 8.87. The predicted octanol–water partition coefficient (Wildman–Crippen LogP) is 6.19. The summed E-state index contributed by atoms with van der Waals surface area (Å²) in [5, 5.41) is 20.8. The van der Waals surface area contributed by atoms with E-state index in [0.29, 0.717) is 31.1 Å². The first kappa shape index (κ1) is 31.3. The summed E-state index contributed by atoms with van der Waals surface area (Å²) in [5.74, 6) is -1.01. The van der Waals surface area contributed by atoms with E-state index in [1.165, 1.54) is 38.1 Å². The molecule has 0 radical (unpaired) electrons. The highest BCUT2D eigenvalue weighted by molar-refractivity contribution is 7.91. The van der Waals surface area contributed by atoms with Gasteiger partial charge in [-0.1, -0.05) is 72.3 Å². The highest BCUT2D eigenvalue weighted by Crippen LogP contribution is 2.27. The van der Waals surface area contributed by atoms with Crippen molar-refractivity contribution in [3.05, 3.63) is 125 Å². The third kappa shape index (κ3) is 8.20. The lowest BCUT2D eigenvalue weighted by molar-refractivity contribution is -0.152. The first-order valence-electron chi connectivity index (χ1n) is 13.5. The molecule has 4 rings (SSSR count). The Labute approximate surface area is 251 Å². The van der Waals surface area contributed by atoms with E-state index in [4.69, 9.17) is 16.3 Å². The van der Waals surface area contributed by atoms with E-state index in [1.807, 2.05) is 42.5 Å². The molecule has 2 N–H and O–H groups in total. The molecule has 4 aromatic carbocycles. The molecule has 0 saturated heterocycles. The average Bonchev–Trinajstić information content (AvgIpc) is 2.96. The maximum atomic E-state index is 13.3. The van der Waals surface area contributed by atoms with E-state index in [1.54, 1.807) is 36.4 Å². The standard InChI is InChI=1S/C33H34ClNO6S/c1-33(2,32(37)38)41-28-12-7-13-30(21-28)42(39,40)29-16-14-24(15-17-29)18-19-35(22-25-8-4-3-5-9-25)23-31(36)26-10-6-11-27(34)20-26/h3-17,20-21,31,36H,18-19,22-23H2,1-2H3,(H,37,38)/t31-/m0/s1. The van der Waals surface area contributed by atoms with Crippen LogP contribution in [0.1, 0.15) is 36.6 Å². The molecule has 0 spiro atoms. The second-order valence-electron chi connectivity index (χ2n) is 10.6. The van der Waals surface area contributed by atoms with Gasteiger partial charge in [-0.25, -0.2) is 13.2 Å². The van der Waals surface area contributed by atoms with Crippen LogP contribution in [0.4, 0.5) is 0 Å². The van der Waals surface area contributed by atoms with Gasteiger partial charge in [0.2, 0.25) is 9.84 Å². The van der Waals surface area contributed by atoms with Crippen LogP contribution in [0.5, 0.6) is 5.75 Å². The summed E-state index contributed by atoms with van der Waals surface area (Å²) >= 11 is 6.13. The molecule has 42 heavy (non-hydrogen) atoms. The van der Waals surface area contributed by atoms with E-state index in [-0.39, 0.29) is 15.5 Å². The molecular formula is C33H34ClNO6S. The summed E-state index contributed by atoms with van der Waals surface area (Å²) in [6.45, 7) is 4.47. The van der Waals surface area contributed by atoms with Gasteiger partial charge < -0.3 is 14.9 Å². The lowest BCUT2D eigenvalue weighted by atomic mass is 10.1. The number of sulfone groups is 1. The number of nitrogens with zero attached hydrogens (tertiary/aromatic N) is 1. The van der Waals surface area contributed by atoms with Crippen LogP contribution >= 0.6 is 11.6 Å². The molecule has 0 bridgehead atoms. The van der Waals surface area contributed by atoms with E-state index >= 15 is 0 Å². The van der Waals surface area contributed by atoms with Crippen LogP contribution in [0.25, 0.3) is 0 Å². The first-order chi connectivity index (χ1) is 19.9. The molecule has 0 aliphatic carbocycles. The fraction of sp³-hybridized carbons (Fsp3) is 0.242. The number of aliphatic hydroxyl groups excluding tert-OH is 1. The van der Waals surface area contributed by atoms with Crippen molar-refractivity contribution in [3.8, 4) is 5.75 Å². The van der Waals surface area contributed by atoms with Crippen molar-refractivity contribution >= 4 is 27.4 Å². The number of carboxylic acid groups (broad SMARTS) is 1. The van der Waals surface area contributed by atoms with Gasteiger partial charge >= 0.3 is 5.97 Å². The summed E-state index contributed by atoms with van der Waals surface area (Å²) in [4.78, 5) is 13.7. The lowest BCUT2D eigenvalue weighted by Gasteiger charge is -2.25. The maximum Gasteiger partial charge on any atom is 0.347 e. The van der Waals surface area contributed by atoms with Crippen molar-refractivity contribution < 1.29 is 28.2 Å². The summed E-state index contributed by atoms with van der Waals surface area (Å²) in [6, 6.07) is 29.8. The Hall–Kier alpha value is -3.69. The molecule has 0 amide bonds. The van der Waals surface area contributed by atoms with Gasteiger partial charge in [0, 0.05) is 24.7 Å². The van der Waals surface area contributed by atoms with Gasteiger partial charge in [-0.2, -0.15) is 0 Å². The summed E-state index contributed by atoms with van der Waals surface area (Å²) in [5.41, 5.74) is 1.30. The molecule has 0 aromatic heterocycles. The Kier molecular flexibility index (Phi) is 10.1. The smallest absolute Gasteiger partial charge is 0.347 e. The molecule has 0 aliphatic heterocycles. The number of hydrogen-bond acceptors (Lipinski definition) is 6. The van der Waals surface area contributed by atoms with E-state index < -0.39 is 27.5 Å². The molecule has 4 aromatic rings. The van der Waals surface area contributed by atoms with Crippen molar-refractivity contribution in [2.24, 2.45) is 0 Å². The molecule has 1 atom stereocenters. The monoisotopic (exact) mass is 607 g/mol. The minimum absolute atomic E-state index is 0.0120.